The topological polar surface area (TPSA) is 15.3 Å². The van der Waals surface area contributed by atoms with Gasteiger partial charge in [-0.25, -0.2) is 0 Å². The molecule has 2 aliphatic heterocycles. The molecule has 0 aliphatic carbocycles. The minimum absolute atomic E-state index is 0.817. The number of piperidine rings is 1. The second-order valence-corrected chi connectivity index (χ2v) is 5.97. The Bertz CT molecular complexity index is 213. The van der Waals surface area contributed by atoms with Crippen LogP contribution in [0.15, 0.2) is 0 Å². The second-order valence-electron chi connectivity index (χ2n) is 5.97. The molecule has 2 heterocycles. The number of nitrogens with zero attached hydrogens (tertiary/aromatic N) is 1. The first kappa shape index (κ1) is 13.4. The van der Waals surface area contributed by atoms with Crippen molar-refractivity contribution < 1.29 is 0 Å². The van der Waals surface area contributed by atoms with E-state index >= 15 is 0 Å². The molecule has 0 aromatic carbocycles. The highest BCUT2D eigenvalue weighted by Crippen LogP contribution is 2.31. The smallest absolute Gasteiger partial charge is 0.0128 e. The second kappa shape index (κ2) is 6.19. The minimum Gasteiger partial charge on any atom is -0.311 e. The minimum atomic E-state index is 0.817. The van der Waals surface area contributed by atoms with Crippen molar-refractivity contribution in [3.8, 4) is 0 Å². The molecular formula is C15H30N2. The SMILES string of the molecule is CCCN(C(CC)CC)C1CC2CCC(C1)N2. The fourth-order valence-electron chi connectivity index (χ4n) is 3.98. The fraction of sp³-hybridized carbons (Fsp3) is 1.00. The molecule has 2 rings (SSSR count). The van der Waals surface area contributed by atoms with E-state index in [1.54, 1.807) is 0 Å². The summed E-state index contributed by atoms with van der Waals surface area (Å²) in [5, 5.41) is 3.77. The summed E-state index contributed by atoms with van der Waals surface area (Å²) in [6.45, 7) is 8.33. The highest BCUT2D eigenvalue weighted by molar-refractivity contribution is 4.96. The predicted octanol–water partition coefficient (Wildman–Crippen LogP) is 3.17. The van der Waals surface area contributed by atoms with Crippen LogP contribution < -0.4 is 5.32 Å². The van der Waals surface area contributed by atoms with E-state index in [0.717, 1.165) is 24.2 Å². The van der Waals surface area contributed by atoms with Gasteiger partial charge in [-0.1, -0.05) is 20.8 Å². The molecule has 0 saturated carbocycles. The van der Waals surface area contributed by atoms with E-state index in [1.165, 1.54) is 51.5 Å². The lowest BCUT2D eigenvalue weighted by Crippen LogP contribution is -2.51. The fourth-order valence-corrected chi connectivity index (χ4v) is 3.98. The lowest BCUT2D eigenvalue weighted by molar-refractivity contribution is 0.0885. The Labute approximate surface area is 107 Å². The Hall–Kier alpha value is -0.0800. The zero-order valence-electron chi connectivity index (χ0n) is 11.9. The van der Waals surface area contributed by atoms with Gasteiger partial charge in [0.1, 0.15) is 0 Å². The van der Waals surface area contributed by atoms with E-state index in [9.17, 15) is 0 Å². The van der Waals surface area contributed by atoms with Gasteiger partial charge in [-0.15, -0.1) is 0 Å². The third-order valence-corrected chi connectivity index (χ3v) is 4.81. The normalized spacial score (nSPS) is 32.6. The zero-order chi connectivity index (χ0) is 12.3. The quantitative estimate of drug-likeness (QED) is 0.764. The molecule has 1 N–H and O–H groups in total. The molecule has 2 saturated heterocycles. The Morgan fingerprint density at radius 3 is 2.12 bits per heavy atom. The van der Waals surface area contributed by atoms with Gasteiger partial charge in [0.2, 0.25) is 0 Å². The summed E-state index contributed by atoms with van der Waals surface area (Å²) in [6, 6.07) is 3.33. The van der Waals surface area contributed by atoms with Crippen LogP contribution in [0.2, 0.25) is 0 Å². The van der Waals surface area contributed by atoms with Crippen LogP contribution >= 0.6 is 0 Å². The number of hydrogen-bond donors (Lipinski definition) is 1. The standard InChI is InChI=1S/C15H30N2/c1-4-9-17(14(5-2)6-3)15-10-12-7-8-13(11-15)16-12/h12-16H,4-11H2,1-3H3. The van der Waals surface area contributed by atoms with Crippen LogP contribution in [0.1, 0.15) is 65.7 Å². The van der Waals surface area contributed by atoms with Gasteiger partial charge in [-0.05, 0) is 51.5 Å². The maximum Gasteiger partial charge on any atom is 0.0128 e. The van der Waals surface area contributed by atoms with Crippen LogP contribution in [-0.2, 0) is 0 Å². The number of hydrogen-bond acceptors (Lipinski definition) is 2. The van der Waals surface area contributed by atoms with E-state index in [0.29, 0.717) is 0 Å². The molecule has 0 aromatic rings. The van der Waals surface area contributed by atoms with Crippen molar-refractivity contribution in [3.05, 3.63) is 0 Å². The lowest BCUT2D eigenvalue weighted by Gasteiger charge is -2.42. The molecule has 0 spiro atoms. The highest BCUT2D eigenvalue weighted by atomic mass is 15.2. The van der Waals surface area contributed by atoms with Crippen molar-refractivity contribution in [3.63, 3.8) is 0 Å². The van der Waals surface area contributed by atoms with Gasteiger partial charge in [-0.2, -0.15) is 0 Å². The predicted molar refractivity (Wildman–Crippen MR) is 74.3 cm³/mol. The molecule has 2 atom stereocenters. The summed E-state index contributed by atoms with van der Waals surface area (Å²) in [7, 11) is 0. The van der Waals surface area contributed by atoms with Crippen LogP contribution in [0.3, 0.4) is 0 Å². The van der Waals surface area contributed by atoms with Gasteiger partial charge < -0.3 is 5.32 Å². The molecule has 2 unspecified atom stereocenters. The molecule has 0 amide bonds. The summed E-state index contributed by atoms with van der Waals surface area (Å²) in [4.78, 5) is 2.84. The molecule has 17 heavy (non-hydrogen) atoms. The first-order chi connectivity index (χ1) is 8.28. The lowest BCUT2D eigenvalue weighted by atomic mass is 9.95. The molecule has 0 radical (unpaired) electrons. The average Bonchev–Trinajstić information content (AvgIpc) is 2.68. The molecule has 2 nitrogen and oxygen atoms in total. The van der Waals surface area contributed by atoms with Gasteiger partial charge in [0, 0.05) is 24.2 Å². The Kier molecular flexibility index (Phi) is 4.87. The van der Waals surface area contributed by atoms with Crippen molar-refractivity contribution in [1.82, 2.24) is 10.2 Å². The third kappa shape index (κ3) is 3.03. The third-order valence-electron chi connectivity index (χ3n) is 4.81. The molecule has 2 bridgehead atoms. The van der Waals surface area contributed by atoms with Gasteiger partial charge in [0.15, 0.2) is 0 Å². The molecule has 100 valence electrons. The van der Waals surface area contributed by atoms with Crippen molar-refractivity contribution in [1.29, 1.82) is 0 Å². The van der Waals surface area contributed by atoms with Gasteiger partial charge >= 0.3 is 0 Å². The molecule has 2 heteroatoms. The Balaban J connectivity index is 1.99. The van der Waals surface area contributed by atoms with E-state index in [-0.39, 0.29) is 0 Å². The average molecular weight is 238 g/mol. The first-order valence-electron chi connectivity index (χ1n) is 7.80. The van der Waals surface area contributed by atoms with Crippen molar-refractivity contribution in [2.75, 3.05) is 6.54 Å². The molecule has 2 aliphatic rings. The molecular weight excluding hydrogens is 208 g/mol. The Morgan fingerprint density at radius 2 is 1.65 bits per heavy atom. The molecule has 2 fully saturated rings. The van der Waals surface area contributed by atoms with E-state index in [2.05, 4.69) is 31.0 Å². The van der Waals surface area contributed by atoms with Crippen LogP contribution in [0.4, 0.5) is 0 Å². The van der Waals surface area contributed by atoms with Crippen LogP contribution in [0.25, 0.3) is 0 Å². The maximum absolute atomic E-state index is 3.77. The maximum atomic E-state index is 3.77. The molecule has 0 aromatic heterocycles. The largest absolute Gasteiger partial charge is 0.311 e. The monoisotopic (exact) mass is 238 g/mol. The van der Waals surface area contributed by atoms with Gasteiger partial charge in [0.05, 0.1) is 0 Å². The van der Waals surface area contributed by atoms with Gasteiger partial charge in [-0.3, -0.25) is 4.90 Å². The summed E-state index contributed by atoms with van der Waals surface area (Å²) < 4.78 is 0. The van der Waals surface area contributed by atoms with Crippen LogP contribution in [0.5, 0.6) is 0 Å². The summed E-state index contributed by atoms with van der Waals surface area (Å²) in [5.41, 5.74) is 0. The van der Waals surface area contributed by atoms with Crippen molar-refractivity contribution in [2.45, 2.75) is 89.9 Å². The summed E-state index contributed by atoms with van der Waals surface area (Å²) in [5.74, 6) is 0. The highest BCUT2D eigenvalue weighted by Gasteiger charge is 2.37. The van der Waals surface area contributed by atoms with Crippen LogP contribution in [0, 0.1) is 0 Å². The van der Waals surface area contributed by atoms with Gasteiger partial charge in [0.25, 0.3) is 0 Å². The van der Waals surface area contributed by atoms with E-state index in [4.69, 9.17) is 0 Å². The Morgan fingerprint density at radius 1 is 1.06 bits per heavy atom. The first-order valence-corrected chi connectivity index (χ1v) is 7.80. The van der Waals surface area contributed by atoms with Crippen molar-refractivity contribution in [2.24, 2.45) is 0 Å². The number of fused-ring (bicyclic) bond motifs is 2. The van der Waals surface area contributed by atoms with Crippen molar-refractivity contribution >= 4 is 0 Å². The summed E-state index contributed by atoms with van der Waals surface area (Å²) >= 11 is 0. The zero-order valence-corrected chi connectivity index (χ0v) is 11.9. The number of nitrogens with one attached hydrogen (secondary N) is 1. The van der Waals surface area contributed by atoms with Crippen LogP contribution in [-0.4, -0.2) is 35.6 Å². The number of rotatable bonds is 6. The summed E-state index contributed by atoms with van der Waals surface area (Å²) in [6.07, 6.45) is 9.56. The van der Waals surface area contributed by atoms with E-state index < -0.39 is 0 Å². The van der Waals surface area contributed by atoms with E-state index in [1.807, 2.05) is 0 Å².